The van der Waals surface area contributed by atoms with Crippen LogP contribution in [0, 0.1) is 0 Å². The summed E-state index contributed by atoms with van der Waals surface area (Å²) in [7, 11) is 0. The largest absolute Gasteiger partial charge is 0.298 e. The van der Waals surface area contributed by atoms with Gasteiger partial charge in [0.2, 0.25) is 5.91 Å². The van der Waals surface area contributed by atoms with Gasteiger partial charge in [-0.25, -0.2) is 0 Å². The van der Waals surface area contributed by atoms with Gasteiger partial charge in [0.25, 0.3) is 0 Å². The first-order valence-electron chi connectivity index (χ1n) is 7.71. The fourth-order valence-electron chi connectivity index (χ4n) is 3.01. The van der Waals surface area contributed by atoms with Crippen LogP contribution in [0.5, 0.6) is 0 Å². The lowest BCUT2D eigenvalue weighted by Gasteiger charge is -2.36. The lowest BCUT2D eigenvalue weighted by molar-refractivity contribution is 0.0742. The van der Waals surface area contributed by atoms with Crippen molar-refractivity contribution in [3.05, 3.63) is 36.5 Å². The molecule has 1 fully saturated rings. The smallest absolute Gasteiger partial charge is 0.245 e. The Bertz CT molecular complexity index is 624. The fourth-order valence-corrected chi connectivity index (χ4v) is 3.01. The van der Waals surface area contributed by atoms with Crippen LogP contribution < -0.4 is 0 Å². The van der Waals surface area contributed by atoms with Crippen LogP contribution in [0.1, 0.15) is 18.6 Å². The summed E-state index contributed by atoms with van der Waals surface area (Å²) in [6, 6.07) is 10.6. The Morgan fingerprint density at radius 3 is 2.52 bits per heavy atom. The average molecular weight is 285 g/mol. The van der Waals surface area contributed by atoms with E-state index in [1.165, 1.54) is 0 Å². The topological polar surface area (TPSA) is 28.5 Å². The molecular weight excluding hydrogens is 262 g/mol. The normalized spacial score (nSPS) is 17.7. The molecule has 0 aliphatic carbocycles. The zero-order valence-corrected chi connectivity index (χ0v) is 12.8. The second-order valence-corrected chi connectivity index (χ2v) is 6.04. The number of benzene rings is 1. The van der Waals surface area contributed by atoms with Crippen LogP contribution in [-0.4, -0.2) is 59.0 Å². The molecule has 0 atom stereocenters. The van der Waals surface area contributed by atoms with Gasteiger partial charge >= 0.3 is 0 Å². The van der Waals surface area contributed by atoms with Gasteiger partial charge in [-0.05, 0) is 26.0 Å². The molecule has 1 aliphatic heterocycles. The molecule has 0 spiro atoms. The van der Waals surface area contributed by atoms with Crippen molar-refractivity contribution in [2.75, 3.05) is 32.7 Å². The number of hydrogen-bond donors (Lipinski definition) is 0. The maximum Gasteiger partial charge on any atom is 0.245 e. The molecule has 1 saturated heterocycles. The van der Waals surface area contributed by atoms with Crippen LogP contribution in [0.15, 0.2) is 36.5 Å². The van der Waals surface area contributed by atoms with Gasteiger partial charge in [-0.1, -0.05) is 18.2 Å². The zero-order chi connectivity index (χ0) is 14.8. The quantitative estimate of drug-likeness (QED) is 0.866. The van der Waals surface area contributed by atoms with Crippen molar-refractivity contribution in [2.45, 2.75) is 19.9 Å². The number of nitrogens with zero attached hydrogens (tertiary/aromatic N) is 3. The van der Waals surface area contributed by atoms with Crippen LogP contribution >= 0.6 is 0 Å². The Kier molecular flexibility index (Phi) is 4.08. The van der Waals surface area contributed by atoms with E-state index < -0.39 is 0 Å². The predicted molar refractivity (Wildman–Crippen MR) is 85.7 cm³/mol. The van der Waals surface area contributed by atoms with E-state index in [4.69, 9.17) is 0 Å². The first-order valence-corrected chi connectivity index (χ1v) is 7.71. The first-order chi connectivity index (χ1) is 10.1. The number of carbonyl (C=O) groups excluding carboxylic acids is 1. The van der Waals surface area contributed by atoms with E-state index in [1.54, 1.807) is 4.57 Å². The minimum Gasteiger partial charge on any atom is -0.298 e. The monoisotopic (exact) mass is 285 g/mol. The molecule has 21 heavy (non-hydrogen) atoms. The van der Waals surface area contributed by atoms with Crippen LogP contribution in [0.25, 0.3) is 10.9 Å². The van der Waals surface area contributed by atoms with Gasteiger partial charge in [-0.3, -0.25) is 19.2 Å². The maximum atomic E-state index is 12.5. The minimum atomic E-state index is 0.161. The fraction of sp³-hybridized carbons (Fsp3) is 0.471. The van der Waals surface area contributed by atoms with E-state index in [9.17, 15) is 4.79 Å². The highest BCUT2D eigenvalue weighted by molar-refractivity contribution is 5.93. The summed E-state index contributed by atoms with van der Waals surface area (Å²) in [6.07, 6.45) is 1.89. The number of rotatable bonds is 3. The van der Waals surface area contributed by atoms with Gasteiger partial charge in [0.1, 0.15) is 0 Å². The van der Waals surface area contributed by atoms with Gasteiger partial charge in [0.15, 0.2) is 0 Å². The zero-order valence-electron chi connectivity index (χ0n) is 12.8. The Morgan fingerprint density at radius 2 is 1.81 bits per heavy atom. The van der Waals surface area contributed by atoms with Crippen LogP contribution in [0.4, 0.5) is 0 Å². The summed E-state index contributed by atoms with van der Waals surface area (Å²) in [5.41, 5.74) is 1.00. The summed E-state index contributed by atoms with van der Waals surface area (Å²) in [4.78, 5) is 17.2. The SMILES string of the molecule is CC(C)N1CCN(CC(=O)n2ccc3ccccc32)CC1. The Morgan fingerprint density at radius 1 is 1.10 bits per heavy atom. The first kappa shape index (κ1) is 14.3. The van der Waals surface area contributed by atoms with Crippen molar-refractivity contribution < 1.29 is 4.79 Å². The second kappa shape index (κ2) is 6.00. The van der Waals surface area contributed by atoms with E-state index >= 15 is 0 Å². The summed E-state index contributed by atoms with van der Waals surface area (Å²) in [5, 5.41) is 1.12. The van der Waals surface area contributed by atoms with Crippen molar-refractivity contribution in [3.8, 4) is 0 Å². The molecule has 2 heterocycles. The molecule has 0 amide bonds. The highest BCUT2D eigenvalue weighted by Gasteiger charge is 2.21. The number of fused-ring (bicyclic) bond motifs is 1. The van der Waals surface area contributed by atoms with Gasteiger partial charge in [0, 0.05) is 43.8 Å². The third-order valence-electron chi connectivity index (χ3n) is 4.36. The Balaban J connectivity index is 1.65. The molecular formula is C17H23N3O. The molecule has 0 N–H and O–H groups in total. The summed E-state index contributed by atoms with van der Waals surface area (Å²) < 4.78 is 1.78. The third-order valence-corrected chi connectivity index (χ3v) is 4.36. The number of para-hydroxylation sites is 1. The predicted octanol–water partition coefficient (Wildman–Crippen LogP) is 2.31. The summed E-state index contributed by atoms with van der Waals surface area (Å²) >= 11 is 0. The van der Waals surface area contributed by atoms with E-state index in [1.807, 2.05) is 36.5 Å². The van der Waals surface area contributed by atoms with Crippen LogP contribution in [-0.2, 0) is 0 Å². The maximum absolute atomic E-state index is 12.5. The third kappa shape index (κ3) is 3.01. The van der Waals surface area contributed by atoms with E-state index in [0.717, 1.165) is 37.1 Å². The number of aromatic nitrogens is 1. The van der Waals surface area contributed by atoms with Crippen LogP contribution in [0.2, 0.25) is 0 Å². The van der Waals surface area contributed by atoms with Gasteiger partial charge in [-0.15, -0.1) is 0 Å². The van der Waals surface area contributed by atoms with Crippen molar-refractivity contribution in [1.29, 1.82) is 0 Å². The van der Waals surface area contributed by atoms with E-state index in [-0.39, 0.29) is 5.91 Å². The Hall–Kier alpha value is -1.65. The Labute approximate surface area is 125 Å². The molecule has 0 unspecified atom stereocenters. The number of carbonyl (C=O) groups is 1. The molecule has 0 radical (unpaired) electrons. The molecule has 1 aromatic heterocycles. The molecule has 0 saturated carbocycles. The van der Waals surface area contributed by atoms with Crippen molar-refractivity contribution >= 4 is 16.8 Å². The number of hydrogen-bond acceptors (Lipinski definition) is 3. The molecule has 2 aromatic rings. The highest BCUT2D eigenvalue weighted by atomic mass is 16.2. The van der Waals surface area contributed by atoms with Crippen LogP contribution in [0.3, 0.4) is 0 Å². The van der Waals surface area contributed by atoms with Crippen molar-refractivity contribution in [1.82, 2.24) is 14.4 Å². The van der Waals surface area contributed by atoms with Gasteiger partial charge in [-0.2, -0.15) is 0 Å². The molecule has 1 aliphatic rings. The molecule has 3 rings (SSSR count). The van der Waals surface area contributed by atoms with Crippen molar-refractivity contribution in [2.24, 2.45) is 0 Å². The second-order valence-electron chi connectivity index (χ2n) is 6.04. The highest BCUT2D eigenvalue weighted by Crippen LogP contribution is 2.15. The average Bonchev–Trinajstić information content (AvgIpc) is 2.92. The minimum absolute atomic E-state index is 0.161. The van der Waals surface area contributed by atoms with Gasteiger partial charge in [0.05, 0.1) is 12.1 Å². The molecule has 1 aromatic carbocycles. The lowest BCUT2D eigenvalue weighted by Crippen LogP contribution is -2.50. The van der Waals surface area contributed by atoms with Crippen molar-refractivity contribution in [3.63, 3.8) is 0 Å². The molecule has 0 bridgehead atoms. The molecule has 112 valence electrons. The van der Waals surface area contributed by atoms with Gasteiger partial charge < -0.3 is 0 Å². The summed E-state index contributed by atoms with van der Waals surface area (Å²) in [5.74, 6) is 0.161. The standard InChI is InChI=1S/C17H23N3O/c1-14(2)19-11-9-18(10-12-19)13-17(21)20-8-7-15-5-3-4-6-16(15)20/h3-8,14H,9-13H2,1-2H3. The molecule has 4 heteroatoms. The lowest BCUT2D eigenvalue weighted by atomic mass is 10.2. The summed E-state index contributed by atoms with van der Waals surface area (Å²) in [6.45, 7) is 9.02. The van der Waals surface area contributed by atoms with E-state index in [2.05, 4.69) is 23.6 Å². The number of piperazine rings is 1. The molecule has 4 nitrogen and oxygen atoms in total. The van der Waals surface area contributed by atoms with E-state index in [0.29, 0.717) is 12.6 Å².